The molecule has 0 aromatic heterocycles. The van der Waals surface area contributed by atoms with E-state index in [1.54, 1.807) is 0 Å². The number of hydrogen-bond donors (Lipinski definition) is 2. The van der Waals surface area contributed by atoms with Crippen molar-refractivity contribution in [1.82, 2.24) is 0 Å². The van der Waals surface area contributed by atoms with Gasteiger partial charge in [0, 0.05) is 44.1 Å². The molecule has 8 heteroatoms. The van der Waals surface area contributed by atoms with E-state index >= 15 is 0 Å². The lowest BCUT2D eigenvalue weighted by molar-refractivity contribution is -0.384. The van der Waals surface area contributed by atoms with Gasteiger partial charge in [-0.3, -0.25) is 10.1 Å². The molecule has 1 heterocycles. The van der Waals surface area contributed by atoms with Gasteiger partial charge in [-0.15, -0.1) is 0 Å². The average molecular weight is 410 g/mol. The molecule has 1 aliphatic heterocycles. The average Bonchev–Trinajstić information content (AvgIpc) is 2.67. The van der Waals surface area contributed by atoms with Crippen molar-refractivity contribution in [1.29, 1.82) is 0 Å². The molecule has 0 radical (unpaired) electrons. The van der Waals surface area contributed by atoms with Gasteiger partial charge in [0.25, 0.3) is 5.69 Å². The zero-order valence-electron chi connectivity index (χ0n) is 14.7. The third kappa shape index (κ3) is 4.83. The van der Waals surface area contributed by atoms with Gasteiger partial charge in [-0.1, -0.05) is 35.3 Å². The fraction of sp³-hybridized carbons (Fsp3) is 0.368. The van der Waals surface area contributed by atoms with Crippen LogP contribution in [0.3, 0.4) is 0 Å². The number of benzene rings is 2. The van der Waals surface area contributed by atoms with Crippen LogP contribution >= 0.6 is 23.2 Å². The van der Waals surface area contributed by atoms with Crippen molar-refractivity contribution >= 4 is 40.3 Å². The summed E-state index contributed by atoms with van der Waals surface area (Å²) in [5.41, 5.74) is 2.57. The van der Waals surface area contributed by atoms with Crippen molar-refractivity contribution in [2.75, 3.05) is 29.9 Å². The maximum atomic E-state index is 10.8. The first-order chi connectivity index (χ1) is 13.0. The standard InChI is InChI=1S/C19H21Cl2N3O3/c20-17-9-16(24(26)27)10-18(21)19(17)22-11-13-1-3-15(4-2-13)23-7-5-14(12-25)6-8-23/h1-4,9-10,14,22,25H,5-8,11-12H2. The molecule has 1 aliphatic rings. The summed E-state index contributed by atoms with van der Waals surface area (Å²) in [5, 5.41) is 23.7. The van der Waals surface area contributed by atoms with Crippen LogP contribution in [0.25, 0.3) is 0 Å². The minimum Gasteiger partial charge on any atom is -0.396 e. The summed E-state index contributed by atoms with van der Waals surface area (Å²) in [6.07, 6.45) is 2.02. The Morgan fingerprint density at radius 1 is 1.15 bits per heavy atom. The van der Waals surface area contributed by atoms with Crippen LogP contribution in [0.5, 0.6) is 0 Å². The van der Waals surface area contributed by atoms with E-state index in [1.165, 1.54) is 17.8 Å². The van der Waals surface area contributed by atoms with Crippen LogP contribution < -0.4 is 10.2 Å². The molecule has 27 heavy (non-hydrogen) atoms. The first-order valence-electron chi connectivity index (χ1n) is 8.80. The van der Waals surface area contributed by atoms with E-state index in [2.05, 4.69) is 22.3 Å². The van der Waals surface area contributed by atoms with Crippen LogP contribution in [-0.2, 0) is 6.54 Å². The van der Waals surface area contributed by atoms with Crippen LogP contribution in [0.4, 0.5) is 17.1 Å². The van der Waals surface area contributed by atoms with E-state index in [1.807, 2.05) is 12.1 Å². The molecule has 144 valence electrons. The van der Waals surface area contributed by atoms with Crippen molar-refractivity contribution < 1.29 is 10.0 Å². The third-order valence-electron chi connectivity index (χ3n) is 4.88. The number of nitrogens with zero attached hydrogens (tertiary/aromatic N) is 2. The van der Waals surface area contributed by atoms with Gasteiger partial charge in [0.15, 0.2) is 0 Å². The Morgan fingerprint density at radius 2 is 1.74 bits per heavy atom. The zero-order chi connectivity index (χ0) is 19.4. The number of hydrogen-bond acceptors (Lipinski definition) is 5. The molecule has 0 unspecified atom stereocenters. The summed E-state index contributed by atoms with van der Waals surface area (Å²) in [4.78, 5) is 12.6. The molecule has 0 spiro atoms. The summed E-state index contributed by atoms with van der Waals surface area (Å²) in [6, 6.07) is 10.8. The predicted octanol–water partition coefficient (Wildman–Crippen LogP) is 4.72. The van der Waals surface area contributed by atoms with Crippen LogP contribution in [-0.4, -0.2) is 29.7 Å². The molecule has 0 aliphatic carbocycles. The minimum absolute atomic E-state index is 0.134. The SMILES string of the molecule is O=[N+]([O-])c1cc(Cl)c(NCc2ccc(N3CCC(CO)CC3)cc2)c(Cl)c1. The summed E-state index contributed by atoms with van der Waals surface area (Å²) < 4.78 is 0. The van der Waals surface area contributed by atoms with Crippen molar-refractivity contribution in [2.45, 2.75) is 19.4 Å². The Bertz CT molecular complexity index is 783. The summed E-state index contributed by atoms with van der Waals surface area (Å²) >= 11 is 12.2. The molecule has 2 N–H and O–H groups in total. The fourth-order valence-corrected chi connectivity index (χ4v) is 3.83. The van der Waals surface area contributed by atoms with E-state index in [9.17, 15) is 15.2 Å². The van der Waals surface area contributed by atoms with Gasteiger partial charge in [0.1, 0.15) is 0 Å². The molecule has 1 saturated heterocycles. The number of halogens is 2. The molecule has 6 nitrogen and oxygen atoms in total. The minimum atomic E-state index is -0.524. The number of non-ortho nitro benzene ring substituents is 1. The maximum absolute atomic E-state index is 10.8. The molecule has 0 saturated carbocycles. The first-order valence-corrected chi connectivity index (χ1v) is 9.55. The Labute approximate surface area is 167 Å². The first kappa shape index (κ1) is 19.7. The highest BCUT2D eigenvalue weighted by molar-refractivity contribution is 6.39. The van der Waals surface area contributed by atoms with Crippen molar-refractivity contribution in [3.63, 3.8) is 0 Å². The lowest BCUT2D eigenvalue weighted by Gasteiger charge is -2.33. The molecule has 2 aromatic rings. The number of nitro groups is 1. The largest absolute Gasteiger partial charge is 0.396 e. The van der Waals surface area contributed by atoms with Gasteiger partial charge in [-0.2, -0.15) is 0 Å². The number of anilines is 2. The number of aliphatic hydroxyl groups excluding tert-OH is 1. The van der Waals surface area contributed by atoms with Crippen LogP contribution in [0, 0.1) is 16.0 Å². The quantitative estimate of drug-likeness (QED) is 0.532. The van der Waals surface area contributed by atoms with Crippen molar-refractivity contribution in [2.24, 2.45) is 5.92 Å². The number of aliphatic hydroxyl groups is 1. The number of rotatable bonds is 6. The second-order valence-electron chi connectivity index (χ2n) is 6.67. The lowest BCUT2D eigenvalue weighted by atomic mass is 9.97. The Kier molecular flexibility index (Phi) is 6.42. The molecule has 0 atom stereocenters. The second kappa shape index (κ2) is 8.78. The maximum Gasteiger partial charge on any atom is 0.272 e. The predicted molar refractivity (Wildman–Crippen MR) is 109 cm³/mol. The Morgan fingerprint density at radius 3 is 2.26 bits per heavy atom. The Balaban J connectivity index is 1.62. The van der Waals surface area contributed by atoms with Crippen LogP contribution in [0.1, 0.15) is 18.4 Å². The van der Waals surface area contributed by atoms with Gasteiger partial charge in [0.05, 0.1) is 20.7 Å². The molecule has 0 amide bonds. The lowest BCUT2D eigenvalue weighted by Crippen LogP contribution is -2.34. The topological polar surface area (TPSA) is 78.6 Å². The number of nitrogens with one attached hydrogen (secondary N) is 1. The fourth-order valence-electron chi connectivity index (χ4n) is 3.22. The zero-order valence-corrected chi connectivity index (χ0v) is 16.2. The molecular weight excluding hydrogens is 389 g/mol. The van der Waals surface area contributed by atoms with E-state index in [4.69, 9.17) is 23.2 Å². The van der Waals surface area contributed by atoms with Crippen LogP contribution in [0.15, 0.2) is 36.4 Å². The summed E-state index contributed by atoms with van der Waals surface area (Å²) in [7, 11) is 0. The van der Waals surface area contributed by atoms with E-state index in [0.717, 1.165) is 31.5 Å². The normalized spacial score (nSPS) is 15.0. The van der Waals surface area contributed by atoms with E-state index in [0.29, 0.717) is 18.2 Å². The third-order valence-corrected chi connectivity index (χ3v) is 5.48. The summed E-state index contributed by atoms with van der Waals surface area (Å²) in [5.74, 6) is 0.418. The van der Waals surface area contributed by atoms with Crippen molar-refractivity contribution in [3.8, 4) is 0 Å². The van der Waals surface area contributed by atoms with Crippen molar-refractivity contribution in [3.05, 3.63) is 62.1 Å². The monoisotopic (exact) mass is 409 g/mol. The molecule has 3 rings (SSSR count). The molecule has 0 bridgehead atoms. The van der Waals surface area contributed by atoms with Gasteiger partial charge in [-0.25, -0.2) is 0 Å². The van der Waals surface area contributed by atoms with Gasteiger partial charge < -0.3 is 15.3 Å². The highest BCUT2D eigenvalue weighted by Gasteiger charge is 2.18. The highest BCUT2D eigenvalue weighted by Crippen LogP contribution is 2.35. The molecule has 1 fully saturated rings. The van der Waals surface area contributed by atoms with Gasteiger partial charge in [0.2, 0.25) is 0 Å². The second-order valence-corrected chi connectivity index (χ2v) is 7.49. The van der Waals surface area contributed by atoms with E-state index in [-0.39, 0.29) is 22.3 Å². The van der Waals surface area contributed by atoms with Gasteiger partial charge in [-0.05, 0) is 36.5 Å². The summed E-state index contributed by atoms with van der Waals surface area (Å²) in [6.45, 7) is 2.68. The van der Waals surface area contributed by atoms with Crippen LogP contribution in [0.2, 0.25) is 10.0 Å². The molecular formula is C19H21Cl2N3O3. The smallest absolute Gasteiger partial charge is 0.272 e. The number of nitro benzene ring substituents is 1. The highest BCUT2D eigenvalue weighted by atomic mass is 35.5. The van der Waals surface area contributed by atoms with E-state index < -0.39 is 4.92 Å². The molecule has 2 aromatic carbocycles. The number of piperidine rings is 1. The van der Waals surface area contributed by atoms with Gasteiger partial charge >= 0.3 is 0 Å². The Hall–Kier alpha value is -2.02.